The third kappa shape index (κ3) is 4.60. The van der Waals surface area contributed by atoms with Gasteiger partial charge < -0.3 is 24.9 Å². The number of aryl methyl sites for hydroxylation is 1. The fraction of sp³-hybridized carbons (Fsp3) is 0.227. The second kappa shape index (κ2) is 9.13. The summed E-state index contributed by atoms with van der Waals surface area (Å²) in [4.78, 5) is 39.7. The standard InChI is InChI=1S/C22H22N2O6/c1-13-6-5-8-16(20(13)26)21(27)30-12-19(25)24-18(22(28)29-2)10-14-11-23-17-9-4-3-7-15(14)17/h3-9,11,18,23,26H,10,12H2,1-2H3,(H,24,25)/t18-/m0/s1. The van der Waals surface area contributed by atoms with E-state index in [1.807, 2.05) is 24.3 Å². The molecule has 8 nitrogen and oxygen atoms in total. The molecular weight excluding hydrogens is 388 g/mol. The number of aromatic hydroxyl groups is 1. The SMILES string of the molecule is COC(=O)[C@H](Cc1c[nH]c2ccccc12)NC(=O)COC(=O)c1cccc(C)c1O. The van der Waals surface area contributed by atoms with Crippen molar-refractivity contribution in [2.45, 2.75) is 19.4 Å². The van der Waals surface area contributed by atoms with Gasteiger partial charge in [0, 0.05) is 23.5 Å². The summed E-state index contributed by atoms with van der Waals surface area (Å²) in [5, 5.41) is 13.4. The number of aromatic amines is 1. The van der Waals surface area contributed by atoms with Gasteiger partial charge in [0.05, 0.1) is 7.11 Å². The van der Waals surface area contributed by atoms with Gasteiger partial charge in [0.25, 0.3) is 5.91 Å². The van der Waals surface area contributed by atoms with Crippen LogP contribution < -0.4 is 5.32 Å². The number of phenolic OH excluding ortho intramolecular Hbond substituents is 1. The van der Waals surface area contributed by atoms with Crippen molar-refractivity contribution in [3.63, 3.8) is 0 Å². The lowest BCUT2D eigenvalue weighted by Crippen LogP contribution is -2.44. The molecule has 0 fully saturated rings. The molecule has 1 atom stereocenters. The van der Waals surface area contributed by atoms with Crippen LogP contribution in [0.25, 0.3) is 10.9 Å². The molecule has 3 aromatic rings. The summed E-state index contributed by atoms with van der Waals surface area (Å²) >= 11 is 0. The van der Waals surface area contributed by atoms with Crippen molar-refractivity contribution in [3.05, 3.63) is 65.4 Å². The number of carbonyl (C=O) groups excluding carboxylic acids is 3. The quantitative estimate of drug-likeness (QED) is 0.514. The van der Waals surface area contributed by atoms with Crippen LogP contribution in [0.3, 0.4) is 0 Å². The zero-order chi connectivity index (χ0) is 21.7. The van der Waals surface area contributed by atoms with E-state index in [-0.39, 0.29) is 17.7 Å². The molecule has 1 amide bonds. The number of ether oxygens (including phenoxy) is 2. The minimum Gasteiger partial charge on any atom is -0.507 e. The average molecular weight is 410 g/mol. The number of phenols is 1. The van der Waals surface area contributed by atoms with Gasteiger partial charge in [-0.15, -0.1) is 0 Å². The van der Waals surface area contributed by atoms with Crippen molar-refractivity contribution in [2.24, 2.45) is 0 Å². The van der Waals surface area contributed by atoms with Gasteiger partial charge in [-0.3, -0.25) is 4.79 Å². The zero-order valence-electron chi connectivity index (χ0n) is 16.6. The molecule has 0 radical (unpaired) electrons. The Hall–Kier alpha value is -3.81. The zero-order valence-corrected chi connectivity index (χ0v) is 16.6. The maximum absolute atomic E-state index is 12.3. The molecule has 0 aliphatic rings. The molecule has 3 N–H and O–H groups in total. The molecule has 156 valence electrons. The van der Waals surface area contributed by atoms with Gasteiger partial charge in [-0.1, -0.05) is 30.3 Å². The van der Waals surface area contributed by atoms with Gasteiger partial charge in [0.1, 0.15) is 17.4 Å². The molecule has 0 bridgehead atoms. The number of esters is 2. The molecule has 0 aliphatic heterocycles. The third-order valence-electron chi connectivity index (χ3n) is 4.71. The molecule has 8 heteroatoms. The number of hydrogen-bond donors (Lipinski definition) is 3. The summed E-state index contributed by atoms with van der Waals surface area (Å²) in [6.07, 6.45) is 1.97. The summed E-state index contributed by atoms with van der Waals surface area (Å²) < 4.78 is 9.77. The van der Waals surface area contributed by atoms with Crippen molar-refractivity contribution in [1.29, 1.82) is 0 Å². The number of H-pyrrole nitrogens is 1. The highest BCUT2D eigenvalue weighted by Crippen LogP contribution is 2.22. The van der Waals surface area contributed by atoms with Crippen molar-refractivity contribution >= 4 is 28.7 Å². The number of hydrogen-bond acceptors (Lipinski definition) is 6. The second-order valence-electron chi connectivity index (χ2n) is 6.75. The first kappa shape index (κ1) is 20.9. The maximum Gasteiger partial charge on any atom is 0.342 e. The Kier molecular flexibility index (Phi) is 6.36. The van der Waals surface area contributed by atoms with Crippen LogP contribution in [0, 0.1) is 6.92 Å². The highest BCUT2D eigenvalue weighted by atomic mass is 16.5. The van der Waals surface area contributed by atoms with E-state index >= 15 is 0 Å². The predicted molar refractivity (Wildman–Crippen MR) is 109 cm³/mol. The number of fused-ring (bicyclic) bond motifs is 1. The normalized spacial score (nSPS) is 11.7. The van der Waals surface area contributed by atoms with E-state index in [2.05, 4.69) is 10.3 Å². The van der Waals surface area contributed by atoms with E-state index in [9.17, 15) is 19.5 Å². The van der Waals surface area contributed by atoms with E-state index in [0.717, 1.165) is 16.5 Å². The minimum atomic E-state index is -0.951. The highest BCUT2D eigenvalue weighted by Gasteiger charge is 2.24. The van der Waals surface area contributed by atoms with Gasteiger partial charge in [0.15, 0.2) is 6.61 Å². The van der Waals surface area contributed by atoms with Crippen molar-refractivity contribution in [3.8, 4) is 5.75 Å². The smallest absolute Gasteiger partial charge is 0.342 e. The average Bonchev–Trinajstić information content (AvgIpc) is 3.16. The summed E-state index contributed by atoms with van der Waals surface area (Å²) in [6, 6.07) is 11.3. The lowest BCUT2D eigenvalue weighted by molar-refractivity contribution is -0.145. The van der Waals surface area contributed by atoms with E-state index in [4.69, 9.17) is 9.47 Å². The molecule has 2 aromatic carbocycles. The van der Waals surface area contributed by atoms with Gasteiger partial charge >= 0.3 is 11.9 Å². The molecule has 0 saturated heterocycles. The van der Waals surface area contributed by atoms with E-state index in [1.165, 1.54) is 13.2 Å². The fourth-order valence-corrected chi connectivity index (χ4v) is 3.12. The molecule has 0 aliphatic carbocycles. The van der Waals surface area contributed by atoms with Gasteiger partial charge in [-0.2, -0.15) is 0 Å². The second-order valence-corrected chi connectivity index (χ2v) is 6.75. The summed E-state index contributed by atoms with van der Waals surface area (Å²) in [6.45, 7) is 1.04. The van der Waals surface area contributed by atoms with Gasteiger partial charge in [0.2, 0.25) is 0 Å². The Balaban J connectivity index is 1.65. The van der Waals surface area contributed by atoms with Crippen LogP contribution in [0.15, 0.2) is 48.7 Å². The highest BCUT2D eigenvalue weighted by molar-refractivity contribution is 5.94. The summed E-state index contributed by atoms with van der Waals surface area (Å²) in [5.74, 6) is -2.31. The Morgan fingerprint density at radius 3 is 2.67 bits per heavy atom. The predicted octanol–water partition coefficient (Wildman–Crippen LogP) is 2.24. The third-order valence-corrected chi connectivity index (χ3v) is 4.71. The molecule has 0 saturated carbocycles. The Morgan fingerprint density at radius 1 is 1.13 bits per heavy atom. The minimum absolute atomic E-state index is 0.0360. The number of amides is 1. The molecule has 1 aromatic heterocycles. The molecule has 0 spiro atoms. The van der Waals surface area contributed by atoms with E-state index in [0.29, 0.717) is 5.56 Å². The number of benzene rings is 2. The number of carbonyl (C=O) groups is 3. The van der Waals surface area contributed by atoms with Crippen LogP contribution in [0.2, 0.25) is 0 Å². The number of rotatable bonds is 7. The molecule has 30 heavy (non-hydrogen) atoms. The van der Waals surface area contributed by atoms with Gasteiger partial charge in [-0.25, -0.2) is 9.59 Å². The largest absolute Gasteiger partial charge is 0.507 e. The van der Waals surface area contributed by atoms with Crippen LogP contribution in [0.1, 0.15) is 21.5 Å². The lowest BCUT2D eigenvalue weighted by Gasteiger charge is -2.16. The Labute approximate surface area is 172 Å². The van der Waals surface area contributed by atoms with Crippen LogP contribution in [-0.4, -0.2) is 47.7 Å². The number of para-hydroxylation sites is 2. The Morgan fingerprint density at radius 2 is 1.90 bits per heavy atom. The summed E-state index contributed by atoms with van der Waals surface area (Å²) in [7, 11) is 1.23. The molecular formula is C22H22N2O6. The molecule has 3 rings (SSSR count). The van der Waals surface area contributed by atoms with Crippen molar-refractivity contribution in [2.75, 3.05) is 13.7 Å². The molecule has 1 heterocycles. The Bertz CT molecular complexity index is 1090. The topological polar surface area (TPSA) is 118 Å². The number of nitrogens with one attached hydrogen (secondary N) is 2. The van der Waals surface area contributed by atoms with Crippen LogP contribution >= 0.6 is 0 Å². The number of aromatic nitrogens is 1. The lowest BCUT2D eigenvalue weighted by atomic mass is 10.0. The first-order valence-corrected chi connectivity index (χ1v) is 9.28. The fourth-order valence-electron chi connectivity index (χ4n) is 3.12. The van der Waals surface area contributed by atoms with Crippen LogP contribution in [0.4, 0.5) is 0 Å². The molecule has 0 unspecified atom stereocenters. The first-order chi connectivity index (χ1) is 14.4. The van der Waals surface area contributed by atoms with Crippen LogP contribution in [-0.2, 0) is 25.5 Å². The van der Waals surface area contributed by atoms with Crippen LogP contribution in [0.5, 0.6) is 5.75 Å². The van der Waals surface area contributed by atoms with Gasteiger partial charge in [-0.05, 0) is 30.2 Å². The van der Waals surface area contributed by atoms with E-state index < -0.39 is 30.5 Å². The monoisotopic (exact) mass is 410 g/mol. The van der Waals surface area contributed by atoms with E-state index in [1.54, 1.807) is 25.3 Å². The first-order valence-electron chi connectivity index (χ1n) is 9.28. The number of methoxy groups -OCH3 is 1. The summed E-state index contributed by atoms with van der Waals surface area (Å²) in [5.41, 5.74) is 2.22. The maximum atomic E-state index is 12.3. The van der Waals surface area contributed by atoms with Crippen molar-refractivity contribution in [1.82, 2.24) is 10.3 Å². The van der Waals surface area contributed by atoms with Crippen molar-refractivity contribution < 1.29 is 29.0 Å².